The highest BCUT2D eigenvalue weighted by molar-refractivity contribution is 5.91. The van der Waals surface area contributed by atoms with Gasteiger partial charge in [-0.2, -0.15) is 0 Å². The molecule has 1 aromatic heterocycles. The minimum absolute atomic E-state index is 0.185. The molecule has 25 heavy (non-hydrogen) atoms. The number of carbonyl (C=O) groups excluding carboxylic acids is 1. The molecule has 0 atom stereocenters. The molecule has 3 rings (SSSR count). The van der Waals surface area contributed by atoms with Crippen molar-refractivity contribution in [2.24, 2.45) is 0 Å². The van der Waals surface area contributed by atoms with Crippen LogP contribution in [0.2, 0.25) is 0 Å². The fourth-order valence-electron chi connectivity index (χ4n) is 2.82. The highest BCUT2D eigenvalue weighted by atomic mass is 16.5. The molecule has 1 aromatic carbocycles. The van der Waals surface area contributed by atoms with E-state index < -0.39 is 0 Å². The van der Waals surface area contributed by atoms with Crippen molar-refractivity contribution >= 4 is 5.91 Å². The molecule has 7 nitrogen and oxygen atoms in total. The Kier molecular flexibility index (Phi) is 6.00. The zero-order chi connectivity index (χ0) is 17.5. The lowest BCUT2D eigenvalue weighted by atomic mass is 10.1. The molecular formula is C18H25N5O2. The summed E-state index contributed by atoms with van der Waals surface area (Å²) in [4.78, 5) is 12.1. The molecule has 134 valence electrons. The lowest BCUT2D eigenvalue weighted by Crippen LogP contribution is -2.29. The summed E-state index contributed by atoms with van der Waals surface area (Å²) in [5.41, 5.74) is 1.58. The van der Waals surface area contributed by atoms with Crippen LogP contribution in [0.3, 0.4) is 0 Å². The fourth-order valence-corrected chi connectivity index (χ4v) is 2.82. The lowest BCUT2D eigenvalue weighted by Gasteiger charge is -2.22. The number of amides is 1. The summed E-state index contributed by atoms with van der Waals surface area (Å²) in [6.07, 6.45) is 4.51. The summed E-state index contributed by atoms with van der Waals surface area (Å²) in [6, 6.07) is 8.27. The Bertz CT molecular complexity index is 677. The van der Waals surface area contributed by atoms with E-state index in [9.17, 15) is 4.79 Å². The third-order valence-electron chi connectivity index (χ3n) is 4.32. The van der Waals surface area contributed by atoms with E-state index in [0.717, 1.165) is 38.1 Å². The third kappa shape index (κ3) is 5.03. The number of piperidine rings is 1. The van der Waals surface area contributed by atoms with E-state index >= 15 is 0 Å². The first kappa shape index (κ1) is 17.4. The molecule has 1 aliphatic rings. The molecule has 0 saturated carbocycles. The Labute approximate surface area is 147 Å². The van der Waals surface area contributed by atoms with Crippen LogP contribution in [0.25, 0.3) is 0 Å². The van der Waals surface area contributed by atoms with Crippen LogP contribution in [-0.2, 0) is 0 Å². The van der Waals surface area contributed by atoms with Crippen LogP contribution in [0.1, 0.15) is 41.4 Å². The highest BCUT2D eigenvalue weighted by Gasteiger charge is 2.18. The average Bonchev–Trinajstić information content (AvgIpc) is 3.14. The fraction of sp³-hybridized carbons (Fsp3) is 0.500. The van der Waals surface area contributed by atoms with Gasteiger partial charge in [0.1, 0.15) is 5.75 Å². The molecular weight excluding hydrogens is 318 g/mol. The molecule has 1 aliphatic heterocycles. The molecule has 7 heteroatoms. The largest absolute Gasteiger partial charge is 0.494 e. The van der Waals surface area contributed by atoms with Crippen molar-refractivity contribution in [3.05, 3.63) is 41.7 Å². The molecule has 0 radical (unpaired) electrons. The number of rotatable bonds is 7. The predicted molar refractivity (Wildman–Crippen MR) is 94.8 cm³/mol. The molecule has 1 saturated heterocycles. The Balaban J connectivity index is 1.37. The maximum Gasteiger partial charge on any atom is 0.273 e. The van der Waals surface area contributed by atoms with E-state index in [0.29, 0.717) is 24.9 Å². The number of benzene rings is 1. The predicted octanol–water partition coefficient (Wildman–Crippen LogP) is 1.71. The summed E-state index contributed by atoms with van der Waals surface area (Å²) >= 11 is 0. The van der Waals surface area contributed by atoms with Gasteiger partial charge in [0.2, 0.25) is 0 Å². The molecule has 1 fully saturated rings. The number of hydrogen-bond donors (Lipinski definition) is 2. The summed E-state index contributed by atoms with van der Waals surface area (Å²) < 4.78 is 7.46. The minimum atomic E-state index is -0.185. The van der Waals surface area contributed by atoms with Crippen molar-refractivity contribution in [3.8, 4) is 5.75 Å². The third-order valence-corrected chi connectivity index (χ3v) is 4.32. The van der Waals surface area contributed by atoms with Crippen LogP contribution >= 0.6 is 0 Å². The van der Waals surface area contributed by atoms with Gasteiger partial charge in [-0.05, 0) is 51.4 Å². The van der Waals surface area contributed by atoms with E-state index in [1.54, 1.807) is 6.20 Å². The van der Waals surface area contributed by atoms with Crippen molar-refractivity contribution in [2.45, 2.75) is 32.2 Å². The zero-order valence-corrected chi connectivity index (χ0v) is 14.6. The minimum Gasteiger partial charge on any atom is -0.494 e. The van der Waals surface area contributed by atoms with Gasteiger partial charge in [0, 0.05) is 6.54 Å². The maximum atomic E-state index is 12.1. The van der Waals surface area contributed by atoms with Crippen molar-refractivity contribution in [3.63, 3.8) is 0 Å². The molecule has 1 amide bonds. The number of nitrogens with one attached hydrogen (secondary N) is 2. The van der Waals surface area contributed by atoms with Gasteiger partial charge in [0.25, 0.3) is 5.91 Å². The van der Waals surface area contributed by atoms with Crippen LogP contribution in [0.4, 0.5) is 0 Å². The number of aryl methyl sites for hydroxylation is 1. The van der Waals surface area contributed by atoms with Crippen molar-refractivity contribution in [1.82, 2.24) is 25.6 Å². The number of ether oxygens (including phenoxy) is 1. The van der Waals surface area contributed by atoms with E-state index in [1.807, 2.05) is 35.9 Å². The smallest absolute Gasteiger partial charge is 0.273 e. The van der Waals surface area contributed by atoms with Gasteiger partial charge >= 0.3 is 0 Å². The Morgan fingerprint density at radius 2 is 2.08 bits per heavy atom. The van der Waals surface area contributed by atoms with Gasteiger partial charge in [-0.15, -0.1) is 5.10 Å². The van der Waals surface area contributed by atoms with E-state index in [2.05, 4.69) is 20.9 Å². The molecule has 2 N–H and O–H groups in total. The zero-order valence-electron chi connectivity index (χ0n) is 14.6. The van der Waals surface area contributed by atoms with E-state index in [4.69, 9.17) is 4.74 Å². The van der Waals surface area contributed by atoms with Crippen LogP contribution in [0.15, 0.2) is 30.5 Å². The van der Waals surface area contributed by atoms with Crippen LogP contribution < -0.4 is 15.4 Å². The van der Waals surface area contributed by atoms with Gasteiger partial charge in [-0.3, -0.25) is 4.79 Å². The molecule has 0 spiro atoms. The van der Waals surface area contributed by atoms with Gasteiger partial charge in [-0.25, -0.2) is 4.68 Å². The lowest BCUT2D eigenvalue weighted by molar-refractivity contribution is 0.0946. The first-order valence-corrected chi connectivity index (χ1v) is 8.82. The highest BCUT2D eigenvalue weighted by Crippen LogP contribution is 2.17. The maximum absolute atomic E-state index is 12.1. The first-order valence-electron chi connectivity index (χ1n) is 8.82. The summed E-state index contributed by atoms with van der Waals surface area (Å²) in [5, 5.41) is 14.3. The Hall–Kier alpha value is -2.41. The van der Waals surface area contributed by atoms with Gasteiger partial charge < -0.3 is 15.4 Å². The van der Waals surface area contributed by atoms with Crippen molar-refractivity contribution in [1.29, 1.82) is 0 Å². The number of hydrogen-bond acceptors (Lipinski definition) is 5. The van der Waals surface area contributed by atoms with E-state index in [-0.39, 0.29) is 5.91 Å². The molecule has 2 heterocycles. The van der Waals surface area contributed by atoms with Crippen molar-refractivity contribution < 1.29 is 9.53 Å². The Morgan fingerprint density at radius 3 is 2.84 bits per heavy atom. The first-order chi connectivity index (χ1) is 12.2. The van der Waals surface area contributed by atoms with Crippen LogP contribution in [0, 0.1) is 6.92 Å². The molecule has 2 aromatic rings. The molecule has 0 aliphatic carbocycles. The van der Waals surface area contributed by atoms with Gasteiger partial charge in [0.05, 0.1) is 18.8 Å². The SMILES string of the molecule is Cc1ccc(OCCCNC(=O)c2cn(C3CCNCC3)nn2)cc1. The summed E-state index contributed by atoms with van der Waals surface area (Å²) in [7, 11) is 0. The normalized spacial score (nSPS) is 15.1. The van der Waals surface area contributed by atoms with E-state index in [1.165, 1.54) is 5.56 Å². The summed E-state index contributed by atoms with van der Waals surface area (Å²) in [5.74, 6) is 0.664. The second-order valence-corrected chi connectivity index (χ2v) is 6.34. The summed E-state index contributed by atoms with van der Waals surface area (Å²) in [6.45, 7) is 5.11. The number of aromatic nitrogens is 3. The monoisotopic (exact) mass is 343 g/mol. The molecule has 0 unspecified atom stereocenters. The average molecular weight is 343 g/mol. The second-order valence-electron chi connectivity index (χ2n) is 6.34. The van der Waals surface area contributed by atoms with Gasteiger partial charge in [0.15, 0.2) is 5.69 Å². The van der Waals surface area contributed by atoms with Crippen LogP contribution in [0.5, 0.6) is 5.75 Å². The standard InChI is InChI=1S/C18H25N5O2/c1-14-3-5-16(6-4-14)25-12-2-9-20-18(24)17-13-23(22-21-17)15-7-10-19-11-8-15/h3-6,13,15,19H,2,7-12H2,1H3,(H,20,24). The van der Waals surface area contributed by atoms with Crippen molar-refractivity contribution in [2.75, 3.05) is 26.2 Å². The topological polar surface area (TPSA) is 81.1 Å². The molecule has 0 bridgehead atoms. The Morgan fingerprint density at radius 1 is 1.32 bits per heavy atom. The van der Waals surface area contributed by atoms with Crippen LogP contribution in [-0.4, -0.2) is 47.1 Å². The second kappa shape index (κ2) is 8.62. The van der Waals surface area contributed by atoms with Gasteiger partial charge in [-0.1, -0.05) is 22.9 Å². The number of nitrogens with zero attached hydrogens (tertiary/aromatic N) is 3. The number of carbonyl (C=O) groups is 1. The quantitative estimate of drug-likeness (QED) is 0.748.